The van der Waals surface area contributed by atoms with Gasteiger partial charge in [-0.25, -0.2) is 4.98 Å². The van der Waals surface area contributed by atoms with Gasteiger partial charge in [0.2, 0.25) is 0 Å². The highest BCUT2D eigenvalue weighted by Gasteiger charge is 2.00. The number of ether oxygens (including phenoxy) is 1. The number of para-hydroxylation sites is 1. The van der Waals surface area contributed by atoms with Crippen molar-refractivity contribution < 1.29 is 4.74 Å². The van der Waals surface area contributed by atoms with Crippen molar-refractivity contribution in [1.82, 2.24) is 4.98 Å². The van der Waals surface area contributed by atoms with E-state index in [1.807, 2.05) is 66.7 Å². The first kappa shape index (κ1) is 13.6. The first-order valence-electron chi connectivity index (χ1n) is 6.51. The number of benzene rings is 2. The Labute approximate surface area is 131 Å². The van der Waals surface area contributed by atoms with Gasteiger partial charge in [-0.15, -0.1) is 0 Å². The number of anilines is 2. The van der Waals surface area contributed by atoms with Crippen LogP contribution >= 0.6 is 15.9 Å². The standard InChI is InChI=1S/C17H13BrN2O/c18-13-9-10-17(19-12-13)20-14-5-4-8-16(11-14)21-15-6-2-1-3-7-15/h1-12H,(H,19,20). The molecule has 0 saturated heterocycles. The molecule has 0 amide bonds. The van der Waals surface area contributed by atoms with Crippen molar-refractivity contribution in [3.63, 3.8) is 0 Å². The summed E-state index contributed by atoms with van der Waals surface area (Å²) in [6, 6.07) is 21.3. The fraction of sp³-hybridized carbons (Fsp3) is 0. The highest BCUT2D eigenvalue weighted by atomic mass is 79.9. The van der Waals surface area contributed by atoms with E-state index in [0.29, 0.717) is 0 Å². The minimum Gasteiger partial charge on any atom is -0.457 e. The summed E-state index contributed by atoms with van der Waals surface area (Å²) in [5.74, 6) is 2.38. The van der Waals surface area contributed by atoms with E-state index >= 15 is 0 Å². The lowest BCUT2D eigenvalue weighted by Crippen LogP contribution is -1.93. The summed E-state index contributed by atoms with van der Waals surface area (Å²) in [6.45, 7) is 0. The van der Waals surface area contributed by atoms with Crippen molar-refractivity contribution in [2.45, 2.75) is 0 Å². The van der Waals surface area contributed by atoms with Crippen LogP contribution in [-0.2, 0) is 0 Å². The van der Waals surface area contributed by atoms with Gasteiger partial charge in [-0.3, -0.25) is 0 Å². The van der Waals surface area contributed by atoms with Crippen LogP contribution in [0.15, 0.2) is 77.4 Å². The van der Waals surface area contributed by atoms with E-state index in [1.165, 1.54) is 0 Å². The third-order valence-electron chi connectivity index (χ3n) is 2.81. The van der Waals surface area contributed by atoms with Gasteiger partial charge in [0.1, 0.15) is 17.3 Å². The van der Waals surface area contributed by atoms with Crippen molar-refractivity contribution in [2.24, 2.45) is 0 Å². The number of rotatable bonds is 4. The van der Waals surface area contributed by atoms with Crippen molar-refractivity contribution in [1.29, 1.82) is 0 Å². The third kappa shape index (κ3) is 3.83. The topological polar surface area (TPSA) is 34.1 Å². The zero-order valence-corrected chi connectivity index (χ0v) is 12.7. The summed E-state index contributed by atoms with van der Waals surface area (Å²) < 4.78 is 6.76. The molecule has 0 aliphatic heterocycles. The van der Waals surface area contributed by atoms with Crippen LogP contribution in [0.1, 0.15) is 0 Å². The Morgan fingerprint density at radius 1 is 0.857 bits per heavy atom. The van der Waals surface area contributed by atoms with E-state index in [4.69, 9.17) is 4.74 Å². The first-order valence-corrected chi connectivity index (χ1v) is 7.30. The number of nitrogens with zero attached hydrogens (tertiary/aromatic N) is 1. The van der Waals surface area contributed by atoms with Gasteiger partial charge in [-0.05, 0) is 52.3 Å². The maximum Gasteiger partial charge on any atom is 0.130 e. The van der Waals surface area contributed by atoms with Crippen molar-refractivity contribution in [3.8, 4) is 11.5 Å². The molecule has 0 bridgehead atoms. The van der Waals surface area contributed by atoms with Crippen molar-refractivity contribution in [3.05, 3.63) is 77.4 Å². The second kappa shape index (κ2) is 6.41. The Kier molecular flexibility index (Phi) is 4.17. The fourth-order valence-electron chi connectivity index (χ4n) is 1.86. The maximum atomic E-state index is 5.81. The van der Waals surface area contributed by atoms with E-state index in [2.05, 4.69) is 26.2 Å². The zero-order chi connectivity index (χ0) is 14.5. The minimum atomic E-state index is 0.781. The monoisotopic (exact) mass is 340 g/mol. The van der Waals surface area contributed by atoms with Crippen LogP contribution in [0.4, 0.5) is 11.5 Å². The van der Waals surface area contributed by atoms with Gasteiger partial charge in [0, 0.05) is 22.4 Å². The Morgan fingerprint density at radius 3 is 2.43 bits per heavy atom. The third-order valence-corrected chi connectivity index (χ3v) is 3.28. The van der Waals surface area contributed by atoms with Crippen LogP contribution in [-0.4, -0.2) is 4.98 Å². The highest BCUT2D eigenvalue weighted by molar-refractivity contribution is 9.10. The Bertz CT molecular complexity index is 714. The Hall–Kier alpha value is -2.33. The predicted octanol–water partition coefficient (Wildman–Crippen LogP) is 5.38. The molecule has 0 fully saturated rings. The average Bonchev–Trinajstić information content (AvgIpc) is 2.51. The van der Waals surface area contributed by atoms with E-state index in [9.17, 15) is 0 Å². The quantitative estimate of drug-likeness (QED) is 0.692. The molecular weight excluding hydrogens is 328 g/mol. The molecule has 3 nitrogen and oxygen atoms in total. The molecule has 21 heavy (non-hydrogen) atoms. The molecular formula is C17H13BrN2O. The molecule has 0 aliphatic rings. The van der Waals surface area contributed by atoms with Crippen LogP contribution in [0.3, 0.4) is 0 Å². The molecule has 1 N–H and O–H groups in total. The van der Waals surface area contributed by atoms with Crippen molar-refractivity contribution >= 4 is 27.4 Å². The molecule has 1 heterocycles. The molecule has 0 aliphatic carbocycles. The number of aromatic nitrogens is 1. The Balaban J connectivity index is 1.75. The molecule has 4 heteroatoms. The van der Waals surface area contributed by atoms with Crippen LogP contribution in [0.2, 0.25) is 0 Å². The second-order valence-corrected chi connectivity index (χ2v) is 5.35. The number of hydrogen-bond acceptors (Lipinski definition) is 3. The first-order chi connectivity index (χ1) is 10.3. The van der Waals surface area contributed by atoms with Gasteiger partial charge in [0.05, 0.1) is 0 Å². The summed E-state index contributed by atoms with van der Waals surface area (Å²) in [5.41, 5.74) is 0.929. The molecule has 1 aromatic heterocycles. The summed E-state index contributed by atoms with van der Waals surface area (Å²) in [6.07, 6.45) is 1.76. The fourth-order valence-corrected chi connectivity index (χ4v) is 2.09. The van der Waals surface area contributed by atoms with Crippen LogP contribution in [0.5, 0.6) is 11.5 Å². The number of hydrogen-bond donors (Lipinski definition) is 1. The van der Waals surface area contributed by atoms with E-state index in [0.717, 1.165) is 27.5 Å². The molecule has 0 radical (unpaired) electrons. The van der Waals surface area contributed by atoms with E-state index < -0.39 is 0 Å². The summed E-state index contributed by atoms with van der Waals surface area (Å²) in [4.78, 5) is 4.29. The van der Waals surface area contributed by atoms with Crippen LogP contribution in [0.25, 0.3) is 0 Å². The van der Waals surface area contributed by atoms with Crippen LogP contribution < -0.4 is 10.1 Å². The smallest absolute Gasteiger partial charge is 0.130 e. The highest BCUT2D eigenvalue weighted by Crippen LogP contribution is 2.25. The van der Waals surface area contributed by atoms with E-state index in [-0.39, 0.29) is 0 Å². The molecule has 0 spiro atoms. The molecule has 0 saturated carbocycles. The molecule has 0 atom stereocenters. The molecule has 104 valence electrons. The van der Waals surface area contributed by atoms with Gasteiger partial charge in [-0.2, -0.15) is 0 Å². The lowest BCUT2D eigenvalue weighted by atomic mass is 10.3. The largest absolute Gasteiger partial charge is 0.457 e. The van der Waals surface area contributed by atoms with Crippen LogP contribution in [0, 0.1) is 0 Å². The molecule has 3 rings (SSSR count). The van der Waals surface area contributed by atoms with Crippen molar-refractivity contribution in [2.75, 3.05) is 5.32 Å². The number of halogens is 1. The van der Waals surface area contributed by atoms with Gasteiger partial charge in [-0.1, -0.05) is 24.3 Å². The second-order valence-electron chi connectivity index (χ2n) is 4.43. The average molecular weight is 341 g/mol. The lowest BCUT2D eigenvalue weighted by molar-refractivity contribution is 0.483. The van der Waals surface area contributed by atoms with E-state index in [1.54, 1.807) is 6.20 Å². The predicted molar refractivity (Wildman–Crippen MR) is 88.2 cm³/mol. The minimum absolute atomic E-state index is 0.781. The normalized spacial score (nSPS) is 10.1. The molecule has 3 aromatic rings. The molecule has 0 unspecified atom stereocenters. The maximum absolute atomic E-state index is 5.81. The SMILES string of the molecule is Brc1ccc(Nc2cccc(Oc3ccccc3)c2)nc1. The lowest BCUT2D eigenvalue weighted by Gasteiger charge is -2.09. The van der Waals surface area contributed by atoms with Gasteiger partial charge < -0.3 is 10.1 Å². The summed E-state index contributed by atoms with van der Waals surface area (Å²) in [5, 5.41) is 3.25. The summed E-state index contributed by atoms with van der Waals surface area (Å²) in [7, 11) is 0. The molecule has 2 aromatic carbocycles. The summed E-state index contributed by atoms with van der Waals surface area (Å²) >= 11 is 3.37. The zero-order valence-electron chi connectivity index (χ0n) is 11.2. The number of nitrogens with one attached hydrogen (secondary N) is 1. The van der Waals surface area contributed by atoms with Gasteiger partial charge in [0.15, 0.2) is 0 Å². The number of pyridine rings is 1. The van der Waals surface area contributed by atoms with Gasteiger partial charge >= 0.3 is 0 Å². The Morgan fingerprint density at radius 2 is 1.67 bits per heavy atom. The van der Waals surface area contributed by atoms with Gasteiger partial charge in [0.25, 0.3) is 0 Å².